The van der Waals surface area contributed by atoms with E-state index in [1.54, 1.807) is 31.1 Å². The molecule has 0 radical (unpaired) electrons. The Bertz CT molecular complexity index is 749. The van der Waals surface area contributed by atoms with Gasteiger partial charge in [-0.25, -0.2) is 18.1 Å². The van der Waals surface area contributed by atoms with Gasteiger partial charge in [0.05, 0.1) is 11.1 Å². The Kier molecular flexibility index (Phi) is 4.29. The Balaban J connectivity index is 2.19. The second-order valence-electron chi connectivity index (χ2n) is 4.65. The number of thiazole rings is 1. The molecule has 21 heavy (non-hydrogen) atoms. The molecule has 2 aromatic rings. The van der Waals surface area contributed by atoms with E-state index in [0.717, 1.165) is 16.9 Å². The van der Waals surface area contributed by atoms with Gasteiger partial charge in [0, 0.05) is 14.1 Å². The summed E-state index contributed by atoms with van der Waals surface area (Å²) in [7, 11) is -0.279. The topological polar surface area (TPSA) is 79.4 Å². The number of carbonyl (C=O) groups excluding carboxylic acids is 1. The molecule has 1 heterocycles. The van der Waals surface area contributed by atoms with E-state index in [1.165, 1.54) is 18.3 Å². The van der Waals surface area contributed by atoms with Crippen LogP contribution in [-0.2, 0) is 10.0 Å². The highest BCUT2D eigenvalue weighted by molar-refractivity contribution is 7.90. The fraction of sp³-hybridized carbons (Fsp3) is 0.231. The van der Waals surface area contributed by atoms with Crippen LogP contribution in [0, 0.1) is 6.92 Å². The predicted octanol–water partition coefficient (Wildman–Crippen LogP) is 1.64. The summed E-state index contributed by atoms with van der Waals surface area (Å²) in [5.74, 6) is -0.679. The minimum absolute atomic E-state index is 0.0544. The quantitative estimate of drug-likeness (QED) is 0.924. The van der Waals surface area contributed by atoms with Gasteiger partial charge < -0.3 is 4.90 Å². The number of aromatic nitrogens is 1. The van der Waals surface area contributed by atoms with Crippen molar-refractivity contribution in [1.82, 2.24) is 9.71 Å². The van der Waals surface area contributed by atoms with Crippen LogP contribution >= 0.6 is 11.3 Å². The maximum atomic E-state index is 12.1. The van der Waals surface area contributed by atoms with Gasteiger partial charge in [-0.15, -0.1) is 0 Å². The average molecular weight is 325 g/mol. The van der Waals surface area contributed by atoms with Crippen molar-refractivity contribution in [2.24, 2.45) is 0 Å². The smallest absolute Gasteiger partial charge is 0.276 e. The number of anilines is 1. The first-order valence-corrected chi connectivity index (χ1v) is 8.36. The molecule has 0 saturated heterocycles. The number of sulfonamides is 1. The first-order chi connectivity index (χ1) is 9.79. The zero-order valence-electron chi connectivity index (χ0n) is 11.8. The number of aryl methyl sites for hydroxylation is 1. The van der Waals surface area contributed by atoms with E-state index in [9.17, 15) is 13.2 Å². The lowest BCUT2D eigenvalue weighted by Gasteiger charge is -2.06. The van der Waals surface area contributed by atoms with Crippen molar-refractivity contribution in [2.45, 2.75) is 11.8 Å². The molecular weight excluding hydrogens is 310 g/mol. The summed E-state index contributed by atoms with van der Waals surface area (Å²) < 4.78 is 26.3. The summed E-state index contributed by atoms with van der Waals surface area (Å²) in [6.45, 7) is 1.86. The maximum Gasteiger partial charge on any atom is 0.276 e. The van der Waals surface area contributed by atoms with Crippen molar-refractivity contribution in [3.8, 4) is 0 Å². The van der Waals surface area contributed by atoms with Crippen LogP contribution in [0.25, 0.3) is 0 Å². The summed E-state index contributed by atoms with van der Waals surface area (Å²) in [5, 5.41) is 0.632. The third-order valence-corrected chi connectivity index (χ3v) is 5.17. The number of rotatable bonds is 4. The molecule has 0 unspecified atom stereocenters. The van der Waals surface area contributed by atoms with Gasteiger partial charge in [-0.05, 0) is 19.1 Å². The summed E-state index contributed by atoms with van der Waals surface area (Å²) in [6, 6.07) is 6.28. The Morgan fingerprint density at radius 1 is 1.24 bits per heavy atom. The van der Waals surface area contributed by atoms with Gasteiger partial charge in [0.1, 0.15) is 4.88 Å². The highest BCUT2D eigenvalue weighted by atomic mass is 32.2. The Morgan fingerprint density at radius 3 is 2.38 bits per heavy atom. The van der Waals surface area contributed by atoms with Crippen molar-refractivity contribution < 1.29 is 13.2 Å². The molecule has 0 aliphatic heterocycles. The molecule has 1 aromatic heterocycles. The lowest BCUT2D eigenvalue weighted by atomic mass is 10.2. The van der Waals surface area contributed by atoms with Gasteiger partial charge in [0.2, 0.25) is 0 Å². The highest BCUT2D eigenvalue weighted by Gasteiger charge is 2.20. The molecule has 0 saturated carbocycles. The van der Waals surface area contributed by atoms with Gasteiger partial charge in [-0.1, -0.05) is 29.0 Å². The van der Waals surface area contributed by atoms with Crippen LogP contribution in [0.1, 0.15) is 15.2 Å². The van der Waals surface area contributed by atoms with E-state index in [-0.39, 0.29) is 9.77 Å². The zero-order chi connectivity index (χ0) is 15.6. The number of carbonyl (C=O) groups is 1. The van der Waals surface area contributed by atoms with E-state index in [4.69, 9.17) is 0 Å². The lowest BCUT2D eigenvalue weighted by molar-refractivity contribution is 0.0985. The number of hydrogen-bond acceptors (Lipinski definition) is 6. The van der Waals surface area contributed by atoms with Crippen molar-refractivity contribution >= 4 is 32.4 Å². The second kappa shape index (κ2) is 5.82. The van der Waals surface area contributed by atoms with Crippen molar-refractivity contribution in [2.75, 3.05) is 19.0 Å². The summed E-state index contributed by atoms with van der Waals surface area (Å²) in [6.07, 6.45) is 1.36. The number of hydrogen-bond donors (Lipinski definition) is 1. The number of benzene rings is 1. The summed E-state index contributed by atoms with van der Waals surface area (Å²) >= 11 is 1.13. The van der Waals surface area contributed by atoms with E-state index in [0.29, 0.717) is 5.13 Å². The Morgan fingerprint density at radius 2 is 1.86 bits per heavy atom. The van der Waals surface area contributed by atoms with Crippen LogP contribution in [0.2, 0.25) is 0 Å². The monoisotopic (exact) mass is 325 g/mol. The molecule has 1 N–H and O–H groups in total. The molecule has 0 fully saturated rings. The maximum absolute atomic E-state index is 12.1. The Labute approximate surface area is 127 Å². The van der Waals surface area contributed by atoms with Crippen LogP contribution in [0.4, 0.5) is 5.13 Å². The average Bonchev–Trinajstić information content (AvgIpc) is 2.88. The minimum Gasteiger partial charge on any atom is -0.354 e. The van der Waals surface area contributed by atoms with Gasteiger partial charge in [0.15, 0.2) is 5.13 Å². The molecule has 6 nitrogen and oxygen atoms in total. The van der Waals surface area contributed by atoms with Crippen molar-refractivity contribution in [3.63, 3.8) is 0 Å². The van der Waals surface area contributed by atoms with Gasteiger partial charge in [-0.2, -0.15) is 0 Å². The molecule has 8 heteroatoms. The van der Waals surface area contributed by atoms with Crippen molar-refractivity contribution in [3.05, 3.63) is 40.9 Å². The zero-order valence-corrected chi connectivity index (χ0v) is 13.5. The third-order valence-electron chi connectivity index (χ3n) is 2.66. The van der Waals surface area contributed by atoms with Gasteiger partial charge >= 0.3 is 0 Å². The van der Waals surface area contributed by atoms with Crippen LogP contribution in [0.15, 0.2) is 35.4 Å². The molecule has 0 bridgehead atoms. The summed E-state index contributed by atoms with van der Waals surface area (Å²) in [4.78, 5) is 18.1. The largest absolute Gasteiger partial charge is 0.354 e. The predicted molar refractivity (Wildman–Crippen MR) is 82.3 cm³/mol. The van der Waals surface area contributed by atoms with E-state index in [1.807, 2.05) is 11.6 Å². The van der Waals surface area contributed by atoms with Gasteiger partial charge in [-0.3, -0.25) is 4.79 Å². The van der Waals surface area contributed by atoms with Crippen LogP contribution in [0.3, 0.4) is 0 Å². The first kappa shape index (κ1) is 15.5. The number of nitrogens with one attached hydrogen (secondary N) is 1. The fourth-order valence-corrected chi connectivity index (χ4v) is 3.29. The van der Waals surface area contributed by atoms with E-state index in [2.05, 4.69) is 4.98 Å². The molecular formula is C13H15N3O3S2. The molecule has 0 spiro atoms. The number of amides is 1. The van der Waals surface area contributed by atoms with Crippen LogP contribution in [0.5, 0.6) is 0 Å². The Hall–Kier alpha value is -1.93. The summed E-state index contributed by atoms with van der Waals surface area (Å²) in [5.41, 5.74) is 0.943. The molecule has 0 atom stereocenters. The third kappa shape index (κ3) is 3.59. The number of nitrogens with zero attached hydrogens (tertiary/aromatic N) is 2. The molecule has 1 amide bonds. The first-order valence-electron chi connectivity index (χ1n) is 6.06. The van der Waals surface area contributed by atoms with Crippen LogP contribution in [-0.4, -0.2) is 33.4 Å². The molecule has 0 aliphatic carbocycles. The standard InChI is InChI=1S/C13H15N3O3S2/c1-9-4-6-10(7-5-9)21(18,19)15-12(17)11-8-14-13(20-11)16(2)3/h4-8H,1-3H3,(H,15,17). The van der Waals surface area contributed by atoms with Crippen molar-refractivity contribution in [1.29, 1.82) is 0 Å². The van der Waals surface area contributed by atoms with Crippen LogP contribution < -0.4 is 9.62 Å². The molecule has 1 aromatic carbocycles. The lowest BCUT2D eigenvalue weighted by Crippen LogP contribution is -2.30. The fourth-order valence-electron chi connectivity index (χ4n) is 1.53. The molecule has 0 aliphatic rings. The normalized spacial score (nSPS) is 11.2. The van der Waals surface area contributed by atoms with E-state index < -0.39 is 15.9 Å². The van der Waals surface area contributed by atoms with E-state index >= 15 is 0 Å². The molecule has 112 valence electrons. The minimum atomic E-state index is -3.87. The highest BCUT2D eigenvalue weighted by Crippen LogP contribution is 2.20. The second-order valence-corrected chi connectivity index (χ2v) is 7.34. The molecule has 2 rings (SSSR count). The van der Waals surface area contributed by atoms with Gasteiger partial charge in [0.25, 0.3) is 15.9 Å². The SMILES string of the molecule is Cc1ccc(S(=O)(=O)NC(=O)c2cnc(N(C)C)s2)cc1.